The van der Waals surface area contributed by atoms with Gasteiger partial charge in [-0.3, -0.25) is 9.36 Å². The summed E-state index contributed by atoms with van der Waals surface area (Å²) in [7, 11) is 3.14. The van der Waals surface area contributed by atoms with Crippen LogP contribution in [0, 0.1) is 6.92 Å². The number of hydrogen-bond donors (Lipinski definition) is 0. The van der Waals surface area contributed by atoms with Crippen LogP contribution in [0.4, 0.5) is 0 Å². The number of carbonyl (C=O) groups excluding carboxylic acids is 1. The molecule has 0 saturated heterocycles. The second-order valence-electron chi connectivity index (χ2n) is 9.73. The molecule has 0 amide bonds. The molecule has 0 fully saturated rings. The first-order valence-corrected chi connectivity index (χ1v) is 14.3. The highest BCUT2D eigenvalue weighted by Crippen LogP contribution is 2.35. The SMILES string of the molecule is CCOC(=O)C1=C(C)N=c2sc(=Cc3ccc(OCc4cccc(C)c4)c(OC)c3)c(=O)n2C1c1ccccc1OC. The molecule has 3 aromatic carbocycles. The van der Waals surface area contributed by atoms with Crippen molar-refractivity contribution in [3.63, 3.8) is 0 Å². The van der Waals surface area contributed by atoms with Crippen molar-refractivity contribution in [1.29, 1.82) is 0 Å². The van der Waals surface area contributed by atoms with Crippen molar-refractivity contribution in [2.24, 2.45) is 4.99 Å². The van der Waals surface area contributed by atoms with Gasteiger partial charge in [0.05, 0.1) is 36.6 Å². The van der Waals surface area contributed by atoms with E-state index >= 15 is 0 Å². The molecule has 1 aromatic heterocycles. The van der Waals surface area contributed by atoms with E-state index in [4.69, 9.17) is 18.9 Å². The molecular weight excluding hydrogens is 552 g/mol. The number of carbonyl (C=O) groups is 1. The third kappa shape index (κ3) is 5.73. The Morgan fingerprint density at radius 1 is 0.976 bits per heavy atom. The Morgan fingerprint density at radius 3 is 2.50 bits per heavy atom. The van der Waals surface area contributed by atoms with E-state index in [1.807, 2.05) is 61.5 Å². The zero-order chi connectivity index (χ0) is 29.8. The summed E-state index contributed by atoms with van der Waals surface area (Å²) in [5, 5.41) is 0. The number of rotatable bonds is 9. The molecule has 0 saturated carbocycles. The minimum absolute atomic E-state index is 0.200. The van der Waals surface area contributed by atoms with Crippen LogP contribution < -0.4 is 29.1 Å². The van der Waals surface area contributed by atoms with Crippen LogP contribution in [0.1, 0.15) is 42.1 Å². The largest absolute Gasteiger partial charge is 0.496 e. The Kier molecular flexibility index (Phi) is 8.59. The molecule has 1 aliphatic rings. The smallest absolute Gasteiger partial charge is 0.338 e. The van der Waals surface area contributed by atoms with Gasteiger partial charge < -0.3 is 18.9 Å². The quantitative estimate of drug-likeness (QED) is 0.265. The molecule has 1 atom stereocenters. The van der Waals surface area contributed by atoms with Gasteiger partial charge >= 0.3 is 5.97 Å². The highest BCUT2D eigenvalue weighted by atomic mass is 32.1. The number of fused-ring (bicyclic) bond motifs is 1. The maximum absolute atomic E-state index is 14.0. The zero-order valence-corrected chi connectivity index (χ0v) is 25.0. The molecule has 1 unspecified atom stereocenters. The van der Waals surface area contributed by atoms with Gasteiger partial charge in [0, 0.05) is 5.56 Å². The van der Waals surface area contributed by atoms with Gasteiger partial charge in [0.2, 0.25) is 0 Å². The average molecular weight is 585 g/mol. The second kappa shape index (κ2) is 12.5. The van der Waals surface area contributed by atoms with E-state index in [9.17, 15) is 9.59 Å². The zero-order valence-electron chi connectivity index (χ0n) is 24.2. The Balaban J connectivity index is 1.56. The van der Waals surface area contributed by atoms with Crippen LogP contribution in [0.15, 0.2) is 87.8 Å². The number of thiazole rings is 1. The van der Waals surface area contributed by atoms with Crippen LogP contribution in [0.5, 0.6) is 17.2 Å². The maximum atomic E-state index is 14.0. The van der Waals surface area contributed by atoms with Crippen molar-refractivity contribution in [3.05, 3.63) is 120 Å². The number of ether oxygens (including phenoxy) is 4. The molecule has 216 valence electrons. The van der Waals surface area contributed by atoms with Crippen molar-refractivity contribution in [2.45, 2.75) is 33.4 Å². The Morgan fingerprint density at radius 2 is 1.76 bits per heavy atom. The fourth-order valence-corrected chi connectivity index (χ4v) is 6.03. The topological polar surface area (TPSA) is 88.4 Å². The molecule has 4 aromatic rings. The third-order valence-corrected chi connectivity index (χ3v) is 7.90. The number of benzene rings is 3. The number of para-hydroxylation sites is 1. The summed E-state index contributed by atoms with van der Waals surface area (Å²) < 4.78 is 24.7. The Hall–Kier alpha value is -4.63. The summed E-state index contributed by atoms with van der Waals surface area (Å²) in [5.74, 6) is 1.19. The van der Waals surface area contributed by atoms with Crippen LogP contribution in [-0.2, 0) is 16.1 Å². The Labute approximate surface area is 247 Å². The first-order chi connectivity index (χ1) is 20.3. The van der Waals surface area contributed by atoms with E-state index in [0.717, 1.165) is 16.7 Å². The number of aromatic nitrogens is 1. The molecular formula is C33H32N2O6S. The summed E-state index contributed by atoms with van der Waals surface area (Å²) in [6.07, 6.45) is 1.79. The van der Waals surface area contributed by atoms with Gasteiger partial charge in [0.25, 0.3) is 5.56 Å². The van der Waals surface area contributed by atoms with E-state index in [2.05, 4.69) is 11.1 Å². The molecule has 0 N–H and O–H groups in total. The summed E-state index contributed by atoms with van der Waals surface area (Å²) in [6, 6.07) is 20.3. The monoisotopic (exact) mass is 584 g/mol. The number of aryl methyl sites for hydroxylation is 1. The summed E-state index contributed by atoms with van der Waals surface area (Å²) >= 11 is 1.26. The van der Waals surface area contributed by atoms with Crippen LogP contribution >= 0.6 is 11.3 Å². The first-order valence-electron chi connectivity index (χ1n) is 13.5. The molecule has 2 heterocycles. The molecule has 0 aliphatic carbocycles. The predicted molar refractivity (Wildman–Crippen MR) is 162 cm³/mol. The lowest BCUT2D eigenvalue weighted by Crippen LogP contribution is -2.40. The van der Waals surface area contributed by atoms with Gasteiger partial charge in [-0.15, -0.1) is 0 Å². The van der Waals surface area contributed by atoms with Crippen LogP contribution in [-0.4, -0.2) is 31.4 Å². The minimum atomic E-state index is -0.759. The summed E-state index contributed by atoms with van der Waals surface area (Å²) in [5.41, 5.74) is 4.17. The van der Waals surface area contributed by atoms with Crippen molar-refractivity contribution in [3.8, 4) is 17.2 Å². The molecule has 42 heavy (non-hydrogen) atoms. The van der Waals surface area contributed by atoms with Crippen molar-refractivity contribution in [1.82, 2.24) is 4.57 Å². The lowest BCUT2D eigenvalue weighted by atomic mass is 9.95. The maximum Gasteiger partial charge on any atom is 0.338 e. The van der Waals surface area contributed by atoms with Gasteiger partial charge in [0.15, 0.2) is 16.3 Å². The highest BCUT2D eigenvalue weighted by Gasteiger charge is 2.34. The molecule has 5 rings (SSSR count). The number of allylic oxidation sites excluding steroid dienone is 1. The molecule has 9 heteroatoms. The standard InChI is InChI=1S/C33H32N2O6S/c1-6-40-32(37)29-21(3)34-33-35(30(29)24-12-7-8-13-25(24)38-4)31(36)28(42-33)18-22-14-15-26(27(17-22)39-5)41-19-23-11-9-10-20(2)16-23/h7-18,30H,6,19H2,1-5H3. The van der Waals surface area contributed by atoms with Crippen LogP contribution in [0.2, 0.25) is 0 Å². The lowest BCUT2D eigenvalue weighted by molar-refractivity contribution is -0.139. The van der Waals surface area contributed by atoms with E-state index in [-0.39, 0.29) is 12.2 Å². The number of hydrogen-bond acceptors (Lipinski definition) is 8. The van der Waals surface area contributed by atoms with Gasteiger partial charge in [-0.05, 0) is 56.2 Å². The molecule has 0 radical (unpaired) electrons. The molecule has 8 nitrogen and oxygen atoms in total. The van der Waals surface area contributed by atoms with E-state index in [1.165, 1.54) is 11.3 Å². The fourth-order valence-electron chi connectivity index (χ4n) is 4.99. The minimum Gasteiger partial charge on any atom is -0.496 e. The average Bonchev–Trinajstić information content (AvgIpc) is 3.29. The van der Waals surface area contributed by atoms with E-state index in [1.54, 1.807) is 44.8 Å². The summed E-state index contributed by atoms with van der Waals surface area (Å²) in [6.45, 7) is 6.15. The van der Waals surface area contributed by atoms with Gasteiger partial charge in [0.1, 0.15) is 18.4 Å². The first kappa shape index (κ1) is 28.9. The predicted octanol–water partition coefficient (Wildman–Crippen LogP) is 4.70. The van der Waals surface area contributed by atoms with Gasteiger partial charge in [-0.1, -0.05) is 65.4 Å². The van der Waals surface area contributed by atoms with Crippen molar-refractivity contribution in [2.75, 3.05) is 20.8 Å². The second-order valence-corrected chi connectivity index (χ2v) is 10.7. The van der Waals surface area contributed by atoms with Crippen molar-refractivity contribution < 1.29 is 23.7 Å². The lowest BCUT2D eigenvalue weighted by Gasteiger charge is -2.25. The van der Waals surface area contributed by atoms with E-state index in [0.29, 0.717) is 50.0 Å². The third-order valence-electron chi connectivity index (χ3n) is 6.91. The van der Waals surface area contributed by atoms with Crippen molar-refractivity contribution >= 4 is 23.4 Å². The summed E-state index contributed by atoms with van der Waals surface area (Å²) in [4.78, 5) is 32.2. The van der Waals surface area contributed by atoms with E-state index < -0.39 is 12.0 Å². The fraction of sp³-hybridized carbons (Fsp3) is 0.242. The number of methoxy groups -OCH3 is 2. The molecule has 0 spiro atoms. The van der Waals surface area contributed by atoms with Gasteiger partial charge in [-0.25, -0.2) is 9.79 Å². The normalized spacial score (nSPS) is 14.7. The van der Waals surface area contributed by atoms with Gasteiger partial charge in [-0.2, -0.15) is 0 Å². The number of esters is 1. The Bertz CT molecular complexity index is 1850. The highest BCUT2D eigenvalue weighted by molar-refractivity contribution is 7.07. The van der Waals surface area contributed by atoms with Crippen LogP contribution in [0.25, 0.3) is 6.08 Å². The number of nitrogens with zero attached hydrogens (tertiary/aromatic N) is 2. The molecule has 1 aliphatic heterocycles. The molecule has 0 bridgehead atoms. The van der Waals surface area contributed by atoms with Crippen LogP contribution in [0.3, 0.4) is 0 Å².